The van der Waals surface area contributed by atoms with Crippen LogP contribution >= 0.6 is 0 Å². The number of fused-ring (bicyclic) bond motifs is 1. The predicted molar refractivity (Wildman–Crippen MR) is 95.7 cm³/mol. The minimum Gasteiger partial charge on any atom is -0.334 e. The van der Waals surface area contributed by atoms with Gasteiger partial charge in [0.25, 0.3) is 0 Å². The van der Waals surface area contributed by atoms with E-state index in [9.17, 15) is 4.79 Å². The highest BCUT2D eigenvalue weighted by molar-refractivity contribution is 5.77. The number of aryl methyl sites for hydroxylation is 2. The van der Waals surface area contributed by atoms with Crippen LogP contribution in [0.25, 0.3) is 11.0 Å². The lowest BCUT2D eigenvalue weighted by Crippen LogP contribution is -2.35. The molecule has 0 spiro atoms. The minimum absolute atomic E-state index is 0.273. The summed E-state index contributed by atoms with van der Waals surface area (Å²) in [6, 6.07) is 15.1. The van der Waals surface area contributed by atoms with Crippen LogP contribution in [0, 0.1) is 18.3 Å². The number of benzene rings is 2. The van der Waals surface area contributed by atoms with E-state index >= 15 is 0 Å². The number of amides is 2. The Morgan fingerprint density at radius 3 is 2.80 bits per heavy atom. The Labute approximate surface area is 146 Å². The number of carbonyl (C=O) groups is 1. The molecule has 1 heterocycles. The van der Waals surface area contributed by atoms with E-state index in [0.717, 1.165) is 28.0 Å². The molecule has 2 N–H and O–H groups in total. The van der Waals surface area contributed by atoms with Gasteiger partial charge in [0.15, 0.2) is 0 Å². The average Bonchev–Trinajstić information content (AvgIpc) is 2.93. The number of hydrogen-bond donors (Lipinski definition) is 2. The van der Waals surface area contributed by atoms with Gasteiger partial charge in [0.05, 0.1) is 29.2 Å². The first kappa shape index (κ1) is 16.5. The summed E-state index contributed by atoms with van der Waals surface area (Å²) in [5, 5.41) is 14.5. The topological polar surface area (TPSA) is 82.7 Å². The van der Waals surface area contributed by atoms with Crippen LogP contribution in [0.4, 0.5) is 4.79 Å². The summed E-state index contributed by atoms with van der Waals surface area (Å²) in [5.41, 5.74) is 4.58. The smallest absolute Gasteiger partial charge is 0.315 e. The minimum atomic E-state index is -0.273. The van der Waals surface area contributed by atoms with Gasteiger partial charge < -0.3 is 15.2 Å². The fraction of sp³-hybridized carbons (Fsp3) is 0.211. The van der Waals surface area contributed by atoms with E-state index in [1.54, 1.807) is 18.2 Å². The average molecular weight is 333 g/mol. The van der Waals surface area contributed by atoms with E-state index in [2.05, 4.69) is 21.7 Å². The van der Waals surface area contributed by atoms with Crippen molar-refractivity contribution in [3.05, 3.63) is 65.0 Å². The molecular weight excluding hydrogens is 314 g/mol. The number of imidazole rings is 1. The van der Waals surface area contributed by atoms with Crippen molar-refractivity contribution in [3.8, 4) is 6.07 Å². The van der Waals surface area contributed by atoms with Crippen molar-refractivity contribution in [3.63, 3.8) is 0 Å². The molecule has 3 aromatic rings. The highest BCUT2D eigenvalue weighted by atomic mass is 16.2. The van der Waals surface area contributed by atoms with E-state index in [0.29, 0.717) is 18.7 Å². The second-order valence-corrected chi connectivity index (χ2v) is 5.93. The summed E-state index contributed by atoms with van der Waals surface area (Å²) in [4.78, 5) is 16.6. The van der Waals surface area contributed by atoms with E-state index in [1.807, 2.05) is 42.8 Å². The van der Waals surface area contributed by atoms with Gasteiger partial charge in [0.1, 0.15) is 5.82 Å². The largest absolute Gasteiger partial charge is 0.334 e. The van der Waals surface area contributed by atoms with Crippen LogP contribution in [-0.2, 0) is 20.1 Å². The molecule has 0 atom stereocenters. The number of aromatic nitrogens is 2. The molecular formula is C19H19N5O. The van der Waals surface area contributed by atoms with Gasteiger partial charge in [-0.25, -0.2) is 9.78 Å². The van der Waals surface area contributed by atoms with Crippen LogP contribution in [0.5, 0.6) is 0 Å². The maximum absolute atomic E-state index is 12.0. The third-order valence-electron chi connectivity index (χ3n) is 4.05. The molecule has 3 rings (SSSR count). The Bertz CT molecular complexity index is 968. The van der Waals surface area contributed by atoms with Gasteiger partial charge in [-0.05, 0) is 42.3 Å². The summed E-state index contributed by atoms with van der Waals surface area (Å²) in [5.74, 6) is 0.794. The standard InChI is InChI=1S/C19H19N5O/c1-13-6-7-17-16(8-13)23-18(24(17)2)12-22-19(25)21-11-15-5-3-4-14(9-15)10-20/h3-9H,11-12H2,1-2H3,(H2,21,22,25). The van der Waals surface area contributed by atoms with Crippen LogP contribution in [0.1, 0.15) is 22.5 Å². The van der Waals surface area contributed by atoms with Gasteiger partial charge in [0.2, 0.25) is 0 Å². The number of hydrogen-bond acceptors (Lipinski definition) is 3. The molecule has 1 aromatic heterocycles. The molecule has 0 fully saturated rings. The van der Waals surface area contributed by atoms with Gasteiger partial charge in [-0.1, -0.05) is 18.2 Å². The number of nitriles is 1. The first-order chi connectivity index (χ1) is 12.1. The van der Waals surface area contributed by atoms with Crippen LogP contribution in [-0.4, -0.2) is 15.6 Å². The van der Waals surface area contributed by atoms with Crippen molar-refractivity contribution in [1.82, 2.24) is 20.2 Å². The quantitative estimate of drug-likeness (QED) is 0.770. The Morgan fingerprint density at radius 1 is 1.20 bits per heavy atom. The van der Waals surface area contributed by atoms with Crippen LogP contribution < -0.4 is 10.6 Å². The highest BCUT2D eigenvalue weighted by Crippen LogP contribution is 2.16. The zero-order chi connectivity index (χ0) is 17.8. The molecule has 126 valence electrons. The van der Waals surface area contributed by atoms with Crippen molar-refractivity contribution < 1.29 is 4.79 Å². The Hall–Kier alpha value is -3.33. The molecule has 6 heteroatoms. The van der Waals surface area contributed by atoms with Gasteiger partial charge in [-0.2, -0.15) is 5.26 Å². The molecule has 0 bridgehead atoms. The fourth-order valence-corrected chi connectivity index (χ4v) is 2.67. The number of nitrogens with one attached hydrogen (secondary N) is 2. The molecule has 0 aliphatic heterocycles. The van der Waals surface area contributed by atoms with Crippen molar-refractivity contribution in [2.75, 3.05) is 0 Å². The summed E-state index contributed by atoms with van der Waals surface area (Å²) in [6.45, 7) is 2.73. The van der Waals surface area contributed by atoms with E-state index < -0.39 is 0 Å². The maximum atomic E-state index is 12.0. The van der Waals surface area contributed by atoms with E-state index in [4.69, 9.17) is 5.26 Å². The molecule has 25 heavy (non-hydrogen) atoms. The summed E-state index contributed by atoms with van der Waals surface area (Å²) in [7, 11) is 1.94. The second kappa shape index (κ2) is 7.05. The molecule has 2 amide bonds. The molecule has 0 saturated heterocycles. The lowest BCUT2D eigenvalue weighted by atomic mass is 10.1. The number of carbonyl (C=O) groups excluding carboxylic acids is 1. The maximum Gasteiger partial charge on any atom is 0.315 e. The van der Waals surface area contributed by atoms with Crippen LogP contribution in [0.15, 0.2) is 42.5 Å². The summed E-state index contributed by atoms with van der Waals surface area (Å²) >= 11 is 0. The van der Waals surface area contributed by atoms with E-state index in [1.165, 1.54) is 0 Å². The Balaban J connectivity index is 1.59. The summed E-state index contributed by atoms with van der Waals surface area (Å²) < 4.78 is 1.98. The monoisotopic (exact) mass is 333 g/mol. The Kier molecular flexibility index (Phi) is 4.66. The molecule has 0 aliphatic carbocycles. The fourth-order valence-electron chi connectivity index (χ4n) is 2.67. The third kappa shape index (κ3) is 3.78. The first-order valence-electron chi connectivity index (χ1n) is 7.99. The SMILES string of the molecule is Cc1ccc2c(c1)nc(CNC(=O)NCc1cccc(C#N)c1)n2C. The van der Waals surface area contributed by atoms with Crippen molar-refractivity contribution in [2.24, 2.45) is 7.05 Å². The van der Waals surface area contributed by atoms with Gasteiger partial charge in [-0.3, -0.25) is 0 Å². The first-order valence-corrected chi connectivity index (χ1v) is 7.99. The van der Waals surface area contributed by atoms with Gasteiger partial charge in [0, 0.05) is 13.6 Å². The Morgan fingerprint density at radius 2 is 2.00 bits per heavy atom. The van der Waals surface area contributed by atoms with Crippen molar-refractivity contribution >= 4 is 17.1 Å². The van der Waals surface area contributed by atoms with Gasteiger partial charge >= 0.3 is 6.03 Å². The van der Waals surface area contributed by atoms with Crippen molar-refractivity contribution in [1.29, 1.82) is 5.26 Å². The molecule has 2 aromatic carbocycles. The molecule has 6 nitrogen and oxygen atoms in total. The molecule has 0 radical (unpaired) electrons. The van der Waals surface area contributed by atoms with E-state index in [-0.39, 0.29) is 6.03 Å². The van der Waals surface area contributed by atoms with Crippen LogP contribution in [0.2, 0.25) is 0 Å². The third-order valence-corrected chi connectivity index (χ3v) is 4.05. The second-order valence-electron chi connectivity index (χ2n) is 5.93. The number of urea groups is 1. The molecule has 0 unspecified atom stereocenters. The molecule has 0 aliphatic rings. The lowest BCUT2D eigenvalue weighted by molar-refractivity contribution is 0.240. The highest BCUT2D eigenvalue weighted by Gasteiger charge is 2.09. The predicted octanol–water partition coefficient (Wildman–Crippen LogP) is 2.75. The zero-order valence-electron chi connectivity index (χ0n) is 14.2. The number of rotatable bonds is 4. The zero-order valence-corrected chi connectivity index (χ0v) is 14.2. The lowest BCUT2D eigenvalue weighted by Gasteiger charge is -2.08. The summed E-state index contributed by atoms with van der Waals surface area (Å²) in [6.07, 6.45) is 0. The molecule has 0 saturated carbocycles. The normalized spacial score (nSPS) is 10.4. The van der Waals surface area contributed by atoms with Crippen molar-refractivity contribution in [2.45, 2.75) is 20.0 Å². The van der Waals surface area contributed by atoms with Gasteiger partial charge in [-0.15, -0.1) is 0 Å². The number of nitrogens with zero attached hydrogens (tertiary/aromatic N) is 3. The van der Waals surface area contributed by atoms with Crippen LogP contribution in [0.3, 0.4) is 0 Å².